The highest BCUT2D eigenvalue weighted by Crippen LogP contribution is 2.34. The Morgan fingerprint density at radius 3 is 2.45 bits per heavy atom. The van der Waals surface area contributed by atoms with Gasteiger partial charge >= 0.3 is 0 Å². The van der Waals surface area contributed by atoms with Gasteiger partial charge in [0.25, 0.3) is 0 Å². The lowest BCUT2D eigenvalue weighted by molar-refractivity contribution is 0.793. The molecule has 0 amide bonds. The summed E-state index contributed by atoms with van der Waals surface area (Å²) in [7, 11) is 0. The van der Waals surface area contributed by atoms with Crippen LogP contribution in [0.15, 0.2) is 42.0 Å². The van der Waals surface area contributed by atoms with Crippen molar-refractivity contribution in [2.24, 2.45) is 5.92 Å². The summed E-state index contributed by atoms with van der Waals surface area (Å²) in [6, 6.07) is 9.34. The van der Waals surface area contributed by atoms with E-state index in [9.17, 15) is 0 Å². The molecule has 0 aliphatic heterocycles. The van der Waals surface area contributed by atoms with Gasteiger partial charge in [0.1, 0.15) is 0 Å². The summed E-state index contributed by atoms with van der Waals surface area (Å²) in [5, 5.41) is 2.82. The van der Waals surface area contributed by atoms with E-state index in [2.05, 4.69) is 71.0 Å². The maximum absolute atomic E-state index is 2.40. The summed E-state index contributed by atoms with van der Waals surface area (Å²) >= 11 is 0. The van der Waals surface area contributed by atoms with Crippen LogP contribution in [-0.4, -0.2) is 0 Å². The van der Waals surface area contributed by atoms with Gasteiger partial charge in [-0.3, -0.25) is 0 Å². The molecule has 0 radical (unpaired) electrons. The number of fused-ring (bicyclic) bond motifs is 1. The molecule has 1 aliphatic rings. The first-order valence-electron chi connectivity index (χ1n) is 8.45. The molecular formula is C22H26. The molecule has 0 bridgehead atoms. The predicted octanol–water partition coefficient (Wildman–Crippen LogP) is 6.39. The fourth-order valence-corrected chi connectivity index (χ4v) is 3.53. The third-order valence-electron chi connectivity index (χ3n) is 5.04. The van der Waals surface area contributed by atoms with Crippen LogP contribution < -0.4 is 0 Å². The van der Waals surface area contributed by atoms with Crippen LogP contribution in [0.25, 0.3) is 16.3 Å². The highest BCUT2D eigenvalue weighted by molar-refractivity contribution is 5.93. The largest absolute Gasteiger partial charge is 0.0766 e. The van der Waals surface area contributed by atoms with Gasteiger partial charge in [0.05, 0.1) is 0 Å². The van der Waals surface area contributed by atoms with Gasteiger partial charge in [-0.25, -0.2) is 0 Å². The van der Waals surface area contributed by atoms with E-state index < -0.39 is 0 Å². The molecule has 0 nitrogen and oxygen atoms in total. The van der Waals surface area contributed by atoms with E-state index in [4.69, 9.17) is 0 Å². The zero-order valence-electron chi connectivity index (χ0n) is 14.5. The standard InChI is InChI=1S/C22H26/c1-6-17-9-10-21-15(4)11-20(13-22(21)16(17)5)19-8-7-18(12-19)14(2)3/h7,9-14H,6,8H2,1-5H3. The maximum atomic E-state index is 2.40. The van der Waals surface area contributed by atoms with Crippen LogP contribution in [0.3, 0.4) is 0 Å². The van der Waals surface area contributed by atoms with Crippen molar-refractivity contribution in [1.29, 1.82) is 0 Å². The minimum Gasteiger partial charge on any atom is -0.0766 e. The van der Waals surface area contributed by atoms with Gasteiger partial charge in [0.15, 0.2) is 0 Å². The molecule has 0 heteroatoms. The summed E-state index contributed by atoms with van der Waals surface area (Å²) in [6.45, 7) is 11.3. The molecule has 2 aromatic carbocycles. The summed E-state index contributed by atoms with van der Waals surface area (Å²) in [5.74, 6) is 0.618. The molecule has 0 spiro atoms. The normalized spacial score (nSPS) is 14.6. The van der Waals surface area contributed by atoms with Crippen molar-refractivity contribution in [3.8, 4) is 0 Å². The first-order valence-corrected chi connectivity index (χ1v) is 8.45. The molecule has 0 saturated carbocycles. The minimum absolute atomic E-state index is 0.618. The Balaban J connectivity index is 2.13. The van der Waals surface area contributed by atoms with E-state index in [1.54, 1.807) is 0 Å². The van der Waals surface area contributed by atoms with Crippen LogP contribution >= 0.6 is 0 Å². The lowest BCUT2D eigenvalue weighted by Gasteiger charge is -2.13. The first-order chi connectivity index (χ1) is 10.5. The van der Waals surface area contributed by atoms with Crippen LogP contribution in [0.2, 0.25) is 0 Å². The van der Waals surface area contributed by atoms with Crippen molar-refractivity contribution in [2.75, 3.05) is 0 Å². The molecule has 0 aromatic heterocycles. The first kappa shape index (κ1) is 15.1. The summed E-state index contributed by atoms with van der Waals surface area (Å²) < 4.78 is 0. The molecular weight excluding hydrogens is 264 g/mol. The molecule has 0 atom stereocenters. The molecule has 1 aliphatic carbocycles. The molecule has 114 valence electrons. The van der Waals surface area contributed by atoms with Gasteiger partial charge < -0.3 is 0 Å². The Labute approximate surface area is 134 Å². The van der Waals surface area contributed by atoms with Gasteiger partial charge in [-0.15, -0.1) is 0 Å². The molecule has 3 rings (SSSR count). The molecule has 0 unspecified atom stereocenters. The van der Waals surface area contributed by atoms with E-state index >= 15 is 0 Å². The highest BCUT2D eigenvalue weighted by Gasteiger charge is 2.13. The average molecular weight is 290 g/mol. The van der Waals surface area contributed by atoms with Crippen LogP contribution in [0.4, 0.5) is 0 Å². The van der Waals surface area contributed by atoms with Gasteiger partial charge in [0.2, 0.25) is 0 Å². The topological polar surface area (TPSA) is 0 Å². The van der Waals surface area contributed by atoms with E-state index in [1.165, 1.54) is 44.2 Å². The van der Waals surface area contributed by atoms with Gasteiger partial charge in [-0.2, -0.15) is 0 Å². The van der Waals surface area contributed by atoms with Crippen LogP contribution in [0.1, 0.15) is 49.4 Å². The SMILES string of the molecule is CCc1ccc2c(C)cc(C3=CC(C(C)C)=CC3)cc2c1C. The number of hydrogen-bond acceptors (Lipinski definition) is 0. The van der Waals surface area contributed by atoms with E-state index in [0.29, 0.717) is 5.92 Å². The van der Waals surface area contributed by atoms with Crippen molar-refractivity contribution in [3.63, 3.8) is 0 Å². The molecule has 0 fully saturated rings. The molecule has 0 heterocycles. The third-order valence-corrected chi connectivity index (χ3v) is 5.04. The summed E-state index contributed by atoms with van der Waals surface area (Å²) in [6.07, 6.45) is 6.96. The van der Waals surface area contributed by atoms with Crippen molar-refractivity contribution >= 4 is 16.3 Å². The van der Waals surface area contributed by atoms with Gasteiger partial charge in [0, 0.05) is 0 Å². The summed E-state index contributed by atoms with van der Waals surface area (Å²) in [5.41, 5.74) is 8.64. The second-order valence-electron chi connectivity index (χ2n) is 6.82. The quantitative estimate of drug-likeness (QED) is 0.614. The second kappa shape index (κ2) is 5.76. The number of benzene rings is 2. The van der Waals surface area contributed by atoms with Crippen molar-refractivity contribution in [1.82, 2.24) is 0 Å². The fourth-order valence-electron chi connectivity index (χ4n) is 3.53. The molecule has 0 saturated heterocycles. The fraction of sp³-hybridized carbons (Fsp3) is 0.364. The maximum Gasteiger partial charge on any atom is -0.00855 e. The van der Waals surface area contributed by atoms with E-state index in [-0.39, 0.29) is 0 Å². The lowest BCUT2D eigenvalue weighted by Crippen LogP contribution is -1.92. The minimum atomic E-state index is 0.618. The number of rotatable bonds is 3. The monoisotopic (exact) mass is 290 g/mol. The summed E-state index contributed by atoms with van der Waals surface area (Å²) in [4.78, 5) is 0. The van der Waals surface area contributed by atoms with E-state index in [0.717, 1.165) is 12.8 Å². The Morgan fingerprint density at radius 2 is 1.82 bits per heavy atom. The van der Waals surface area contributed by atoms with Gasteiger partial charge in [-0.05, 0) is 82.8 Å². The number of hydrogen-bond donors (Lipinski definition) is 0. The van der Waals surface area contributed by atoms with Crippen LogP contribution in [-0.2, 0) is 6.42 Å². The number of aryl methyl sites for hydroxylation is 3. The Bertz CT molecular complexity index is 785. The average Bonchev–Trinajstić information content (AvgIpc) is 2.98. The predicted molar refractivity (Wildman–Crippen MR) is 98.3 cm³/mol. The Morgan fingerprint density at radius 1 is 1.05 bits per heavy atom. The van der Waals surface area contributed by atoms with Crippen LogP contribution in [0.5, 0.6) is 0 Å². The highest BCUT2D eigenvalue weighted by atomic mass is 14.2. The van der Waals surface area contributed by atoms with E-state index in [1.807, 2.05) is 0 Å². The molecule has 22 heavy (non-hydrogen) atoms. The van der Waals surface area contributed by atoms with Gasteiger partial charge in [-0.1, -0.05) is 51.1 Å². The molecule has 0 N–H and O–H groups in total. The Kier molecular flexibility index (Phi) is 3.95. The van der Waals surface area contributed by atoms with Crippen molar-refractivity contribution in [2.45, 2.75) is 47.5 Å². The second-order valence-corrected chi connectivity index (χ2v) is 6.82. The zero-order chi connectivity index (χ0) is 15.9. The zero-order valence-corrected chi connectivity index (χ0v) is 14.5. The third kappa shape index (κ3) is 2.52. The lowest BCUT2D eigenvalue weighted by atomic mass is 9.92. The smallest absolute Gasteiger partial charge is 0.00855 e. The Hall–Kier alpha value is -1.82. The van der Waals surface area contributed by atoms with Crippen LogP contribution in [0, 0.1) is 19.8 Å². The van der Waals surface area contributed by atoms with Crippen molar-refractivity contribution in [3.05, 3.63) is 64.2 Å². The molecule has 2 aromatic rings. The number of allylic oxidation sites excluding steroid dienone is 4. The van der Waals surface area contributed by atoms with Crippen molar-refractivity contribution < 1.29 is 0 Å².